The number of rotatable bonds is 5. The van der Waals surface area contributed by atoms with Gasteiger partial charge in [0.05, 0.1) is 6.10 Å². The molecule has 0 radical (unpaired) electrons. The van der Waals surface area contributed by atoms with Crippen LogP contribution in [0.1, 0.15) is 29.7 Å². The molecule has 0 amide bonds. The molecule has 3 heteroatoms. The third kappa shape index (κ3) is 3.69. The number of hydrogen-bond donors (Lipinski definition) is 2. The monoisotopic (exact) mass is 287 g/mol. The zero-order valence-corrected chi connectivity index (χ0v) is 12.5. The average molecular weight is 287 g/mol. The normalized spacial score (nSPS) is 15.5. The first-order valence-electron chi connectivity index (χ1n) is 7.23. The topological polar surface area (TPSA) is 46.2 Å². The van der Waals surface area contributed by atoms with Gasteiger partial charge in [-0.15, -0.1) is 0 Å². The lowest BCUT2D eigenvalue weighted by Gasteiger charge is -2.26. The van der Waals surface area contributed by atoms with Crippen LogP contribution < -0.4 is 5.73 Å². The van der Waals surface area contributed by atoms with Gasteiger partial charge in [-0.25, -0.2) is 4.39 Å². The van der Waals surface area contributed by atoms with Gasteiger partial charge in [0.25, 0.3) is 0 Å². The quantitative estimate of drug-likeness (QED) is 0.885. The largest absolute Gasteiger partial charge is 0.387 e. The van der Waals surface area contributed by atoms with Gasteiger partial charge in [0.1, 0.15) is 5.82 Å². The maximum absolute atomic E-state index is 13.7. The molecule has 0 fully saturated rings. The van der Waals surface area contributed by atoms with E-state index < -0.39 is 18.0 Å². The Morgan fingerprint density at radius 2 is 1.71 bits per heavy atom. The van der Waals surface area contributed by atoms with E-state index in [0.717, 1.165) is 6.42 Å². The van der Waals surface area contributed by atoms with Gasteiger partial charge < -0.3 is 10.8 Å². The second-order valence-corrected chi connectivity index (χ2v) is 5.65. The average Bonchev–Trinajstić information content (AvgIpc) is 2.48. The Kier molecular flexibility index (Phi) is 5.10. The zero-order chi connectivity index (χ0) is 15.4. The summed E-state index contributed by atoms with van der Waals surface area (Å²) in [7, 11) is 0. The van der Waals surface area contributed by atoms with Crippen LogP contribution in [0, 0.1) is 18.7 Å². The van der Waals surface area contributed by atoms with E-state index >= 15 is 0 Å². The SMILES string of the molecule is Cc1ccccc1CC(C)C(N)C(O)c1ccccc1F. The summed E-state index contributed by atoms with van der Waals surface area (Å²) < 4.78 is 13.7. The Labute approximate surface area is 125 Å². The fourth-order valence-electron chi connectivity index (χ4n) is 2.56. The van der Waals surface area contributed by atoms with E-state index in [2.05, 4.69) is 19.1 Å². The summed E-state index contributed by atoms with van der Waals surface area (Å²) in [5.41, 5.74) is 8.82. The number of halogens is 1. The van der Waals surface area contributed by atoms with Crippen LogP contribution in [0.3, 0.4) is 0 Å². The molecule has 112 valence electrons. The molecule has 3 unspecified atom stereocenters. The van der Waals surface area contributed by atoms with Crippen molar-refractivity contribution in [2.45, 2.75) is 32.4 Å². The fourth-order valence-corrected chi connectivity index (χ4v) is 2.56. The van der Waals surface area contributed by atoms with E-state index in [1.807, 2.05) is 19.1 Å². The van der Waals surface area contributed by atoms with Gasteiger partial charge in [-0.2, -0.15) is 0 Å². The molecule has 3 N–H and O–H groups in total. The molecular formula is C18H22FNO. The second kappa shape index (κ2) is 6.83. The first kappa shape index (κ1) is 15.7. The third-order valence-electron chi connectivity index (χ3n) is 4.05. The molecule has 21 heavy (non-hydrogen) atoms. The van der Waals surface area contributed by atoms with Gasteiger partial charge in [-0.3, -0.25) is 0 Å². The van der Waals surface area contributed by atoms with Crippen molar-refractivity contribution >= 4 is 0 Å². The van der Waals surface area contributed by atoms with Crippen molar-refractivity contribution in [2.24, 2.45) is 11.7 Å². The molecule has 0 aromatic heterocycles. The van der Waals surface area contributed by atoms with E-state index in [9.17, 15) is 9.50 Å². The van der Waals surface area contributed by atoms with Gasteiger partial charge in [-0.1, -0.05) is 49.4 Å². The predicted molar refractivity (Wildman–Crippen MR) is 83.4 cm³/mol. The summed E-state index contributed by atoms with van der Waals surface area (Å²) in [6, 6.07) is 13.8. The lowest BCUT2D eigenvalue weighted by atomic mass is 9.87. The Hall–Kier alpha value is -1.71. The van der Waals surface area contributed by atoms with Crippen LogP contribution >= 0.6 is 0 Å². The van der Waals surface area contributed by atoms with E-state index in [1.165, 1.54) is 17.2 Å². The molecule has 2 nitrogen and oxygen atoms in total. The first-order chi connectivity index (χ1) is 10.0. The highest BCUT2D eigenvalue weighted by atomic mass is 19.1. The molecule has 3 atom stereocenters. The first-order valence-corrected chi connectivity index (χ1v) is 7.23. The predicted octanol–water partition coefficient (Wildman–Crippen LogP) is 3.37. The molecular weight excluding hydrogens is 265 g/mol. The molecule has 0 saturated heterocycles. The molecule has 2 aromatic carbocycles. The van der Waals surface area contributed by atoms with Crippen LogP contribution in [0.2, 0.25) is 0 Å². The highest BCUT2D eigenvalue weighted by Crippen LogP contribution is 2.25. The molecule has 0 spiro atoms. The Balaban J connectivity index is 2.10. The van der Waals surface area contributed by atoms with E-state index in [4.69, 9.17) is 5.73 Å². The Morgan fingerprint density at radius 1 is 1.10 bits per heavy atom. The lowest BCUT2D eigenvalue weighted by molar-refractivity contribution is 0.118. The van der Waals surface area contributed by atoms with Gasteiger partial charge in [0.15, 0.2) is 0 Å². The summed E-state index contributed by atoms with van der Waals surface area (Å²) in [6.45, 7) is 4.04. The van der Waals surface area contributed by atoms with Crippen LogP contribution in [0.4, 0.5) is 4.39 Å². The van der Waals surface area contributed by atoms with E-state index in [0.29, 0.717) is 0 Å². The van der Waals surface area contributed by atoms with E-state index in [-0.39, 0.29) is 11.5 Å². The lowest BCUT2D eigenvalue weighted by Crippen LogP contribution is -2.36. The summed E-state index contributed by atoms with van der Waals surface area (Å²) in [4.78, 5) is 0. The maximum atomic E-state index is 13.7. The fraction of sp³-hybridized carbons (Fsp3) is 0.333. The summed E-state index contributed by atoms with van der Waals surface area (Å²) in [5.74, 6) is -0.371. The van der Waals surface area contributed by atoms with Crippen molar-refractivity contribution in [2.75, 3.05) is 0 Å². The molecule has 0 saturated carbocycles. The summed E-state index contributed by atoms with van der Waals surface area (Å²) >= 11 is 0. The maximum Gasteiger partial charge on any atom is 0.129 e. The van der Waals surface area contributed by atoms with Crippen LogP contribution in [-0.4, -0.2) is 11.1 Å². The number of benzene rings is 2. The standard InChI is InChI=1S/C18H22FNO/c1-12-7-3-4-8-14(12)11-13(2)17(20)18(21)15-9-5-6-10-16(15)19/h3-10,13,17-18,21H,11,20H2,1-2H3. The third-order valence-corrected chi connectivity index (χ3v) is 4.05. The summed E-state index contributed by atoms with van der Waals surface area (Å²) in [6.07, 6.45) is -0.232. The molecule has 2 rings (SSSR count). The number of aliphatic hydroxyl groups excluding tert-OH is 1. The Morgan fingerprint density at radius 3 is 2.38 bits per heavy atom. The minimum absolute atomic E-state index is 0.0423. The van der Waals surface area contributed by atoms with Gasteiger partial charge >= 0.3 is 0 Å². The second-order valence-electron chi connectivity index (χ2n) is 5.65. The Bertz CT molecular complexity index is 599. The van der Waals surface area contributed by atoms with Crippen LogP contribution in [0.15, 0.2) is 48.5 Å². The molecule has 0 aliphatic carbocycles. The molecule has 0 bridgehead atoms. The van der Waals surface area contributed by atoms with Crippen molar-refractivity contribution in [3.05, 3.63) is 71.0 Å². The van der Waals surface area contributed by atoms with Gasteiger partial charge in [0, 0.05) is 11.6 Å². The highest BCUT2D eigenvalue weighted by molar-refractivity contribution is 5.27. The number of hydrogen-bond acceptors (Lipinski definition) is 2. The van der Waals surface area contributed by atoms with Crippen LogP contribution in [-0.2, 0) is 6.42 Å². The number of aliphatic hydroxyl groups is 1. The minimum Gasteiger partial charge on any atom is -0.387 e. The zero-order valence-electron chi connectivity index (χ0n) is 12.5. The van der Waals surface area contributed by atoms with Gasteiger partial charge in [0.2, 0.25) is 0 Å². The highest BCUT2D eigenvalue weighted by Gasteiger charge is 2.25. The number of aryl methyl sites for hydroxylation is 1. The van der Waals surface area contributed by atoms with Crippen molar-refractivity contribution in [3.8, 4) is 0 Å². The molecule has 2 aromatic rings. The number of nitrogens with two attached hydrogens (primary N) is 1. The van der Waals surface area contributed by atoms with Crippen molar-refractivity contribution in [1.82, 2.24) is 0 Å². The molecule has 0 aliphatic rings. The van der Waals surface area contributed by atoms with Gasteiger partial charge in [-0.05, 0) is 36.5 Å². The van der Waals surface area contributed by atoms with Crippen LogP contribution in [0.25, 0.3) is 0 Å². The van der Waals surface area contributed by atoms with Crippen molar-refractivity contribution in [1.29, 1.82) is 0 Å². The smallest absolute Gasteiger partial charge is 0.129 e. The molecule has 0 heterocycles. The van der Waals surface area contributed by atoms with Crippen molar-refractivity contribution < 1.29 is 9.50 Å². The van der Waals surface area contributed by atoms with Crippen LogP contribution in [0.5, 0.6) is 0 Å². The summed E-state index contributed by atoms with van der Waals surface area (Å²) in [5, 5.41) is 10.3. The van der Waals surface area contributed by atoms with Crippen molar-refractivity contribution in [3.63, 3.8) is 0 Å². The minimum atomic E-state index is -0.995. The molecule has 0 aliphatic heterocycles. The van der Waals surface area contributed by atoms with E-state index in [1.54, 1.807) is 18.2 Å².